The van der Waals surface area contributed by atoms with E-state index in [0.29, 0.717) is 18.3 Å². The molecule has 0 aliphatic heterocycles. The van der Waals surface area contributed by atoms with E-state index in [1.165, 1.54) is 6.20 Å². The normalized spacial score (nSPS) is 15.8. The molecular formula is C14H23N3O2S. The molecule has 6 heteroatoms. The van der Waals surface area contributed by atoms with Crippen LogP contribution in [0.1, 0.15) is 33.1 Å². The summed E-state index contributed by atoms with van der Waals surface area (Å²) in [5.74, 6) is 1.17. The molecule has 2 rings (SSSR count). The highest BCUT2D eigenvalue weighted by molar-refractivity contribution is 7.89. The summed E-state index contributed by atoms with van der Waals surface area (Å²) in [6, 6.07) is 3.50. The van der Waals surface area contributed by atoms with E-state index in [-0.39, 0.29) is 10.9 Å². The van der Waals surface area contributed by atoms with Crippen molar-refractivity contribution in [1.82, 2.24) is 9.29 Å². The molecule has 1 aliphatic carbocycles. The third-order valence-electron chi connectivity index (χ3n) is 3.48. The van der Waals surface area contributed by atoms with Gasteiger partial charge in [0.05, 0.1) is 0 Å². The number of rotatable bonds is 7. The largest absolute Gasteiger partial charge is 0.373 e. The van der Waals surface area contributed by atoms with Gasteiger partial charge in [0.15, 0.2) is 0 Å². The molecule has 20 heavy (non-hydrogen) atoms. The Morgan fingerprint density at radius 2 is 2.10 bits per heavy atom. The van der Waals surface area contributed by atoms with Crippen molar-refractivity contribution in [2.45, 2.75) is 44.0 Å². The Morgan fingerprint density at radius 1 is 1.40 bits per heavy atom. The first kappa shape index (κ1) is 15.3. The molecule has 1 N–H and O–H groups in total. The van der Waals surface area contributed by atoms with Crippen LogP contribution in [0.15, 0.2) is 23.2 Å². The lowest BCUT2D eigenvalue weighted by Gasteiger charge is -2.22. The first-order valence-corrected chi connectivity index (χ1v) is 8.55. The van der Waals surface area contributed by atoms with E-state index in [1.807, 2.05) is 0 Å². The highest BCUT2D eigenvalue weighted by Gasteiger charge is 2.37. The molecule has 1 aromatic rings. The fourth-order valence-corrected chi connectivity index (χ4v) is 3.71. The van der Waals surface area contributed by atoms with Gasteiger partial charge < -0.3 is 5.32 Å². The van der Waals surface area contributed by atoms with E-state index in [4.69, 9.17) is 0 Å². The molecule has 0 radical (unpaired) electrons. The fraction of sp³-hybridized carbons (Fsp3) is 0.643. The van der Waals surface area contributed by atoms with Gasteiger partial charge in [-0.15, -0.1) is 0 Å². The Bertz CT molecular complexity index is 536. The summed E-state index contributed by atoms with van der Waals surface area (Å²) in [6.07, 6.45) is 4.27. The summed E-state index contributed by atoms with van der Waals surface area (Å²) < 4.78 is 27.0. The number of nitrogens with zero attached hydrogens (tertiary/aromatic N) is 2. The number of sulfonamides is 1. The van der Waals surface area contributed by atoms with Crippen LogP contribution in [-0.4, -0.2) is 37.3 Å². The van der Waals surface area contributed by atoms with Crippen LogP contribution in [0.2, 0.25) is 0 Å². The van der Waals surface area contributed by atoms with Crippen molar-refractivity contribution >= 4 is 15.8 Å². The van der Waals surface area contributed by atoms with Crippen molar-refractivity contribution in [3.05, 3.63) is 18.3 Å². The third kappa shape index (κ3) is 3.49. The molecule has 0 spiro atoms. The zero-order chi connectivity index (χ0) is 14.8. The first-order valence-electron chi connectivity index (χ1n) is 7.11. The maximum Gasteiger partial charge on any atom is 0.244 e. The standard InChI is InChI=1S/C14H23N3O2S/c1-11(2)8-9-17(12-4-5-12)20(18,19)13-6-7-14(15-3)16-10-13/h6-7,10-12H,4-5,8-9H2,1-3H3,(H,15,16). The molecule has 0 atom stereocenters. The molecule has 1 saturated carbocycles. The Morgan fingerprint density at radius 3 is 2.55 bits per heavy atom. The summed E-state index contributed by atoms with van der Waals surface area (Å²) in [5.41, 5.74) is 0. The van der Waals surface area contributed by atoms with Crippen LogP contribution in [0.25, 0.3) is 0 Å². The molecule has 0 bridgehead atoms. The van der Waals surface area contributed by atoms with E-state index in [2.05, 4.69) is 24.1 Å². The minimum atomic E-state index is -3.42. The van der Waals surface area contributed by atoms with Gasteiger partial charge in [-0.2, -0.15) is 4.31 Å². The van der Waals surface area contributed by atoms with Crippen molar-refractivity contribution in [1.29, 1.82) is 0 Å². The van der Waals surface area contributed by atoms with Crippen molar-refractivity contribution in [3.63, 3.8) is 0 Å². The van der Waals surface area contributed by atoms with Gasteiger partial charge in [0.25, 0.3) is 0 Å². The second kappa shape index (κ2) is 6.10. The third-order valence-corrected chi connectivity index (χ3v) is 5.42. The molecule has 0 unspecified atom stereocenters. The Hall–Kier alpha value is -1.14. The van der Waals surface area contributed by atoms with Crippen LogP contribution in [-0.2, 0) is 10.0 Å². The van der Waals surface area contributed by atoms with E-state index in [0.717, 1.165) is 19.3 Å². The van der Waals surface area contributed by atoms with Crippen LogP contribution in [0.3, 0.4) is 0 Å². The van der Waals surface area contributed by atoms with Crippen LogP contribution in [0.4, 0.5) is 5.82 Å². The van der Waals surface area contributed by atoms with Gasteiger partial charge in [-0.25, -0.2) is 13.4 Å². The van der Waals surface area contributed by atoms with Crippen LogP contribution in [0, 0.1) is 5.92 Å². The topological polar surface area (TPSA) is 62.3 Å². The van der Waals surface area contributed by atoms with Gasteiger partial charge in [0.1, 0.15) is 10.7 Å². The van der Waals surface area contributed by atoms with Gasteiger partial charge in [-0.05, 0) is 37.3 Å². The van der Waals surface area contributed by atoms with Gasteiger partial charge in [0.2, 0.25) is 10.0 Å². The fourth-order valence-electron chi connectivity index (χ4n) is 2.06. The van der Waals surface area contributed by atoms with Crippen LogP contribution in [0.5, 0.6) is 0 Å². The highest BCUT2D eigenvalue weighted by atomic mass is 32.2. The predicted molar refractivity (Wildman–Crippen MR) is 80.2 cm³/mol. The zero-order valence-corrected chi connectivity index (χ0v) is 13.2. The SMILES string of the molecule is CNc1ccc(S(=O)(=O)N(CCC(C)C)C2CC2)cn1. The molecule has 1 heterocycles. The number of anilines is 1. The van der Waals surface area contributed by atoms with Gasteiger partial charge in [-0.1, -0.05) is 13.8 Å². The highest BCUT2D eigenvalue weighted by Crippen LogP contribution is 2.32. The average molecular weight is 297 g/mol. The van der Waals surface area contributed by atoms with Crippen molar-refractivity contribution in [2.75, 3.05) is 18.9 Å². The van der Waals surface area contributed by atoms with E-state index in [1.54, 1.807) is 23.5 Å². The monoisotopic (exact) mass is 297 g/mol. The van der Waals surface area contributed by atoms with E-state index >= 15 is 0 Å². The van der Waals surface area contributed by atoms with Gasteiger partial charge in [0, 0.05) is 25.8 Å². The van der Waals surface area contributed by atoms with E-state index < -0.39 is 10.0 Å². The molecular weight excluding hydrogens is 274 g/mol. The molecule has 1 fully saturated rings. The Labute approximate surface area is 121 Å². The van der Waals surface area contributed by atoms with Crippen molar-refractivity contribution in [2.24, 2.45) is 5.92 Å². The minimum Gasteiger partial charge on any atom is -0.373 e. The number of pyridine rings is 1. The second-order valence-electron chi connectivity index (χ2n) is 5.66. The summed E-state index contributed by atoms with van der Waals surface area (Å²) in [7, 11) is -1.66. The van der Waals surface area contributed by atoms with Gasteiger partial charge >= 0.3 is 0 Å². The summed E-state index contributed by atoms with van der Waals surface area (Å²) in [6.45, 7) is 4.82. The van der Waals surface area contributed by atoms with Crippen LogP contribution < -0.4 is 5.32 Å². The molecule has 1 aliphatic rings. The lowest BCUT2D eigenvalue weighted by atomic mass is 10.1. The van der Waals surface area contributed by atoms with Crippen molar-refractivity contribution < 1.29 is 8.42 Å². The zero-order valence-electron chi connectivity index (χ0n) is 12.3. The molecule has 0 aromatic carbocycles. The Balaban J connectivity index is 2.20. The number of hydrogen-bond donors (Lipinski definition) is 1. The quantitative estimate of drug-likeness (QED) is 0.839. The number of hydrogen-bond acceptors (Lipinski definition) is 4. The summed E-state index contributed by atoms with van der Waals surface area (Å²) >= 11 is 0. The van der Waals surface area contributed by atoms with Gasteiger partial charge in [-0.3, -0.25) is 0 Å². The maximum atomic E-state index is 12.7. The predicted octanol–water partition coefficient (Wildman–Crippen LogP) is 2.32. The van der Waals surface area contributed by atoms with Crippen molar-refractivity contribution in [3.8, 4) is 0 Å². The lowest BCUT2D eigenvalue weighted by Crippen LogP contribution is -2.34. The second-order valence-corrected chi connectivity index (χ2v) is 7.55. The number of aromatic nitrogens is 1. The molecule has 1 aromatic heterocycles. The van der Waals surface area contributed by atoms with E-state index in [9.17, 15) is 8.42 Å². The Kier molecular flexibility index (Phi) is 4.65. The van der Waals surface area contributed by atoms with Crippen LogP contribution >= 0.6 is 0 Å². The smallest absolute Gasteiger partial charge is 0.244 e. The minimum absolute atomic E-state index is 0.183. The molecule has 5 nitrogen and oxygen atoms in total. The average Bonchev–Trinajstić information content (AvgIpc) is 3.23. The maximum absolute atomic E-state index is 12.7. The number of nitrogens with one attached hydrogen (secondary N) is 1. The lowest BCUT2D eigenvalue weighted by molar-refractivity contribution is 0.373. The summed E-state index contributed by atoms with van der Waals surface area (Å²) in [5, 5.41) is 2.89. The molecule has 0 amide bonds. The summed E-state index contributed by atoms with van der Waals surface area (Å²) in [4.78, 5) is 4.39. The molecule has 112 valence electrons. The first-order chi connectivity index (χ1) is 9.45. The molecule has 0 saturated heterocycles.